The molecule has 5 rings (SSSR count). The third-order valence-electron chi connectivity index (χ3n) is 5.36. The normalized spacial score (nSPS) is 16.7. The molecule has 0 saturated heterocycles. The van der Waals surface area contributed by atoms with Crippen LogP contribution in [0.2, 0.25) is 0 Å². The van der Waals surface area contributed by atoms with Crippen LogP contribution in [0, 0.1) is 0 Å². The van der Waals surface area contributed by atoms with Crippen molar-refractivity contribution in [3.05, 3.63) is 131 Å². The molecule has 4 aromatic rings. The standard InChI is InChI=1S/C28H20O2/c29-27-24-13-7-8-14-26(24)30-28(23-11-5-2-6-12-23)25(27)19-20-15-17-22(18-16-20)21-9-3-1-4-10-21/h1-19,28H/b25-19+/t28-/m0/s1. The van der Waals surface area contributed by atoms with Crippen molar-refractivity contribution in [3.8, 4) is 16.9 Å². The van der Waals surface area contributed by atoms with Gasteiger partial charge in [-0.1, -0.05) is 97.1 Å². The van der Waals surface area contributed by atoms with Gasteiger partial charge in [0, 0.05) is 5.57 Å². The van der Waals surface area contributed by atoms with Gasteiger partial charge in [-0.3, -0.25) is 4.79 Å². The smallest absolute Gasteiger partial charge is 0.196 e. The number of Topliss-reactive ketones (excluding diaryl/α,β-unsaturated/α-hetero) is 1. The van der Waals surface area contributed by atoms with Gasteiger partial charge in [0.05, 0.1) is 5.56 Å². The van der Waals surface area contributed by atoms with Gasteiger partial charge < -0.3 is 4.74 Å². The van der Waals surface area contributed by atoms with Gasteiger partial charge in [0.1, 0.15) is 5.75 Å². The molecule has 1 atom stereocenters. The number of hydrogen-bond acceptors (Lipinski definition) is 2. The van der Waals surface area contributed by atoms with Crippen molar-refractivity contribution in [1.82, 2.24) is 0 Å². The first-order valence-corrected chi connectivity index (χ1v) is 10.0. The molecule has 0 bridgehead atoms. The minimum atomic E-state index is -0.428. The summed E-state index contributed by atoms with van der Waals surface area (Å²) in [5.41, 5.74) is 5.51. The number of rotatable bonds is 3. The Balaban J connectivity index is 1.56. The summed E-state index contributed by atoms with van der Waals surface area (Å²) >= 11 is 0. The first-order chi connectivity index (χ1) is 14.8. The molecule has 1 aliphatic heterocycles. The maximum atomic E-state index is 13.3. The number of fused-ring (bicyclic) bond motifs is 1. The van der Waals surface area contributed by atoms with Crippen LogP contribution in [0.4, 0.5) is 0 Å². The number of ketones is 1. The summed E-state index contributed by atoms with van der Waals surface area (Å²) in [6.45, 7) is 0. The Bertz CT molecular complexity index is 1210. The van der Waals surface area contributed by atoms with Gasteiger partial charge in [-0.15, -0.1) is 0 Å². The highest BCUT2D eigenvalue weighted by atomic mass is 16.5. The topological polar surface area (TPSA) is 26.3 Å². The molecule has 0 spiro atoms. The molecule has 0 amide bonds. The zero-order valence-electron chi connectivity index (χ0n) is 16.4. The van der Waals surface area contributed by atoms with E-state index in [0.29, 0.717) is 16.9 Å². The largest absolute Gasteiger partial charge is 0.480 e. The van der Waals surface area contributed by atoms with E-state index in [2.05, 4.69) is 24.3 Å². The Labute approximate surface area is 176 Å². The van der Waals surface area contributed by atoms with E-state index in [0.717, 1.165) is 16.7 Å². The number of ether oxygens (including phenoxy) is 1. The fourth-order valence-corrected chi connectivity index (χ4v) is 3.82. The van der Waals surface area contributed by atoms with Crippen molar-refractivity contribution < 1.29 is 9.53 Å². The molecule has 144 valence electrons. The van der Waals surface area contributed by atoms with Gasteiger partial charge in [0.2, 0.25) is 0 Å². The average molecular weight is 388 g/mol. The summed E-state index contributed by atoms with van der Waals surface area (Å²) in [6.07, 6.45) is 1.52. The SMILES string of the molecule is O=C1/C(=C\c2ccc(-c3ccccc3)cc2)[C@H](c2ccccc2)Oc2ccccc21. The van der Waals surface area contributed by atoms with Crippen molar-refractivity contribution in [2.45, 2.75) is 6.10 Å². The van der Waals surface area contributed by atoms with E-state index in [1.807, 2.05) is 91.0 Å². The van der Waals surface area contributed by atoms with Crippen LogP contribution in [0.15, 0.2) is 115 Å². The van der Waals surface area contributed by atoms with E-state index in [9.17, 15) is 4.79 Å². The Morgan fingerprint density at radius 2 is 1.23 bits per heavy atom. The summed E-state index contributed by atoms with van der Waals surface area (Å²) in [4.78, 5) is 13.3. The fourth-order valence-electron chi connectivity index (χ4n) is 3.82. The van der Waals surface area contributed by atoms with Crippen molar-refractivity contribution in [3.63, 3.8) is 0 Å². The Morgan fingerprint density at radius 3 is 1.97 bits per heavy atom. The second-order valence-corrected chi connectivity index (χ2v) is 7.32. The van der Waals surface area contributed by atoms with Crippen molar-refractivity contribution in [2.75, 3.05) is 0 Å². The molecular weight excluding hydrogens is 368 g/mol. The van der Waals surface area contributed by atoms with Crippen LogP contribution in [0.5, 0.6) is 5.75 Å². The lowest BCUT2D eigenvalue weighted by molar-refractivity contribution is 0.0963. The van der Waals surface area contributed by atoms with Gasteiger partial charge in [-0.25, -0.2) is 0 Å². The molecule has 4 aromatic carbocycles. The Morgan fingerprint density at radius 1 is 0.633 bits per heavy atom. The first kappa shape index (κ1) is 18.1. The molecule has 2 nitrogen and oxygen atoms in total. The van der Waals surface area contributed by atoms with Gasteiger partial charge in [0.25, 0.3) is 0 Å². The van der Waals surface area contributed by atoms with Gasteiger partial charge in [-0.05, 0) is 40.5 Å². The number of hydrogen-bond donors (Lipinski definition) is 0. The summed E-state index contributed by atoms with van der Waals surface area (Å²) in [5, 5.41) is 0. The van der Waals surface area contributed by atoms with Gasteiger partial charge in [-0.2, -0.15) is 0 Å². The molecule has 0 aromatic heterocycles. The van der Waals surface area contributed by atoms with Crippen molar-refractivity contribution >= 4 is 11.9 Å². The molecule has 0 unspecified atom stereocenters. The number of carbonyl (C=O) groups excluding carboxylic acids is 1. The molecule has 30 heavy (non-hydrogen) atoms. The van der Waals surface area contributed by atoms with E-state index < -0.39 is 6.10 Å². The average Bonchev–Trinajstić information content (AvgIpc) is 2.82. The summed E-state index contributed by atoms with van der Waals surface area (Å²) in [5.74, 6) is 0.644. The second-order valence-electron chi connectivity index (χ2n) is 7.32. The number of carbonyl (C=O) groups is 1. The van der Waals surface area contributed by atoms with Crippen molar-refractivity contribution in [2.24, 2.45) is 0 Å². The molecule has 2 heteroatoms. The predicted molar refractivity (Wildman–Crippen MR) is 120 cm³/mol. The van der Waals surface area contributed by atoms with Crippen LogP contribution in [-0.2, 0) is 0 Å². The van der Waals surface area contributed by atoms with Gasteiger partial charge >= 0.3 is 0 Å². The highest BCUT2D eigenvalue weighted by Gasteiger charge is 2.32. The van der Waals surface area contributed by atoms with E-state index in [4.69, 9.17) is 4.74 Å². The van der Waals surface area contributed by atoms with Crippen LogP contribution < -0.4 is 4.74 Å². The highest BCUT2D eigenvalue weighted by molar-refractivity contribution is 6.14. The Kier molecular flexibility index (Phi) is 4.74. The third kappa shape index (κ3) is 3.44. The second kappa shape index (κ2) is 7.84. The molecular formula is C28H20O2. The minimum Gasteiger partial charge on any atom is -0.480 e. The summed E-state index contributed by atoms with van der Waals surface area (Å²) in [7, 11) is 0. The van der Waals surface area contributed by atoms with Crippen molar-refractivity contribution in [1.29, 1.82) is 0 Å². The summed E-state index contributed by atoms with van der Waals surface area (Å²) in [6, 6.07) is 35.9. The van der Waals surface area contributed by atoms with Crippen LogP contribution in [-0.4, -0.2) is 5.78 Å². The fraction of sp³-hybridized carbons (Fsp3) is 0.0357. The zero-order valence-corrected chi connectivity index (χ0v) is 16.4. The van der Waals surface area contributed by atoms with Crippen LogP contribution >= 0.6 is 0 Å². The monoisotopic (exact) mass is 388 g/mol. The minimum absolute atomic E-state index is 0.0119. The third-order valence-corrected chi connectivity index (χ3v) is 5.36. The number of para-hydroxylation sites is 1. The molecule has 0 aliphatic carbocycles. The van der Waals surface area contributed by atoms with Crippen LogP contribution in [0.1, 0.15) is 27.6 Å². The lowest BCUT2D eigenvalue weighted by Crippen LogP contribution is -2.23. The van der Waals surface area contributed by atoms with E-state index in [-0.39, 0.29) is 5.78 Å². The van der Waals surface area contributed by atoms with Crippen LogP contribution in [0.3, 0.4) is 0 Å². The molecule has 0 saturated carbocycles. The van der Waals surface area contributed by atoms with E-state index in [1.165, 1.54) is 5.56 Å². The maximum absolute atomic E-state index is 13.3. The maximum Gasteiger partial charge on any atom is 0.196 e. The zero-order chi connectivity index (χ0) is 20.3. The van der Waals surface area contributed by atoms with Gasteiger partial charge in [0.15, 0.2) is 11.9 Å². The highest BCUT2D eigenvalue weighted by Crippen LogP contribution is 2.39. The van der Waals surface area contributed by atoms with E-state index >= 15 is 0 Å². The first-order valence-electron chi connectivity index (χ1n) is 10.0. The molecule has 1 heterocycles. The van der Waals surface area contributed by atoms with Crippen LogP contribution in [0.25, 0.3) is 17.2 Å². The molecule has 0 radical (unpaired) electrons. The molecule has 1 aliphatic rings. The molecule has 0 fully saturated rings. The lowest BCUT2D eigenvalue weighted by Gasteiger charge is -2.28. The Hall–Kier alpha value is -3.91. The number of benzene rings is 4. The summed E-state index contributed by atoms with van der Waals surface area (Å²) < 4.78 is 6.28. The van der Waals surface area contributed by atoms with E-state index in [1.54, 1.807) is 0 Å². The molecule has 0 N–H and O–H groups in total. The quantitative estimate of drug-likeness (QED) is 0.363. The lowest BCUT2D eigenvalue weighted by atomic mass is 9.89. The predicted octanol–water partition coefficient (Wildman–Crippen LogP) is 6.75.